The van der Waals surface area contributed by atoms with Crippen LogP contribution in [0.3, 0.4) is 0 Å². The third-order valence-electron chi connectivity index (χ3n) is 6.32. The first-order valence-corrected chi connectivity index (χ1v) is 11.4. The van der Waals surface area contributed by atoms with Gasteiger partial charge in [-0.2, -0.15) is 0 Å². The van der Waals surface area contributed by atoms with E-state index in [4.69, 9.17) is 4.74 Å². The van der Waals surface area contributed by atoms with Gasteiger partial charge in [-0.3, -0.25) is 0 Å². The number of anilines is 3. The highest BCUT2D eigenvalue weighted by atomic mass is 19.3. The van der Waals surface area contributed by atoms with Crippen LogP contribution in [0.1, 0.15) is 18.4 Å². The number of imidazole rings is 1. The Labute approximate surface area is 204 Å². The molecule has 0 aliphatic heterocycles. The molecule has 1 fully saturated rings. The first kappa shape index (κ1) is 22.1. The van der Waals surface area contributed by atoms with Crippen LogP contribution in [0, 0.1) is 6.92 Å². The van der Waals surface area contributed by atoms with Crippen LogP contribution in [0.5, 0.6) is 11.5 Å². The van der Waals surface area contributed by atoms with E-state index in [2.05, 4.69) is 35.6 Å². The zero-order chi connectivity index (χ0) is 24.9. The Morgan fingerprint density at radius 2 is 1.94 bits per heavy atom. The summed E-state index contributed by atoms with van der Waals surface area (Å²) in [4.78, 5) is 21.4. The minimum absolute atomic E-state index is 0.120. The van der Waals surface area contributed by atoms with Gasteiger partial charge in [0.2, 0.25) is 5.95 Å². The third-order valence-corrected chi connectivity index (χ3v) is 6.32. The van der Waals surface area contributed by atoms with E-state index in [-0.39, 0.29) is 12.4 Å². The molecule has 1 atom stereocenters. The highest BCUT2D eigenvalue weighted by Gasteiger charge is 2.48. The van der Waals surface area contributed by atoms with Gasteiger partial charge in [0.05, 0.1) is 29.6 Å². The lowest BCUT2D eigenvalue weighted by atomic mass is 9.88. The van der Waals surface area contributed by atoms with E-state index < -0.39 is 12.0 Å². The summed E-state index contributed by atoms with van der Waals surface area (Å²) in [6.45, 7) is 1.95. The Hall–Kier alpha value is -4.41. The molecule has 36 heavy (non-hydrogen) atoms. The number of fused-ring (bicyclic) bond motifs is 2. The van der Waals surface area contributed by atoms with Crippen LogP contribution < -0.4 is 15.4 Å². The normalized spacial score (nSPS) is 16.6. The van der Waals surface area contributed by atoms with Crippen molar-refractivity contribution in [3.05, 3.63) is 60.8 Å². The number of benzene rings is 2. The Morgan fingerprint density at radius 1 is 1.06 bits per heavy atom. The number of aryl methyl sites for hydroxylation is 2. The number of ether oxygens (including phenoxy) is 1. The molecule has 9 nitrogen and oxygen atoms in total. The van der Waals surface area contributed by atoms with Crippen LogP contribution in [0.4, 0.5) is 26.2 Å². The summed E-state index contributed by atoms with van der Waals surface area (Å²) in [6.07, 6.45) is 4.90. The zero-order valence-corrected chi connectivity index (χ0v) is 19.5. The molecule has 11 heteroatoms. The summed E-state index contributed by atoms with van der Waals surface area (Å²) in [5.74, 6) is -0.787. The summed E-state index contributed by atoms with van der Waals surface area (Å²) in [5, 5.41) is 5.97. The van der Waals surface area contributed by atoms with Crippen molar-refractivity contribution in [1.29, 1.82) is 0 Å². The van der Waals surface area contributed by atoms with Crippen LogP contribution in [-0.2, 0) is 7.05 Å². The van der Waals surface area contributed by atoms with Crippen molar-refractivity contribution in [3.63, 3.8) is 0 Å². The van der Waals surface area contributed by atoms with Crippen LogP contribution in [0.2, 0.25) is 0 Å². The van der Waals surface area contributed by atoms with Crippen molar-refractivity contribution < 1.29 is 13.5 Å². The maximum Gasteiger partial charge on any atom is 0.267 e. The molecule has 1 aliphatic carbocycles. The van der Waals surface area contributed by atoms with Crippen molar-refractivity contribution in [3.8, 4) is 11.5 Å². The van der Waals surface area contributed by atoms with E-state index in [1.807, 2.05) is 54.9 Å². The number of aromatic nitrogens is 6. The van der Waals surface area contributed by atoms with E-state index in [9.17, 15) is 8.78 Å². The van der Waals surface area contributed by atoms with E-state index in [1.54, 1.807) is 6.33 Å². The molecule has 0 bridgehead atoms. The average Bonchev–Trinajstić information content (AvgIpc) is 3.24. The van der Waals surface area contributed by atoms with Crippen molar-refractivity contribution in [2.24, 2.45) is 7.05 Å². The predicted molar refractivity (Wildman–Crippen MR) is 132 cm³/mol. The van der Waals surface area contributed by atoms with Gasteiger partial charge in [-0.05, 0) is 49.2 Å². The molecule has 0 amide bonds. The lowest BCUT2D eigenvalue weighted by molar-refractivity contribution is -0.0847. The maximum atomic E-state index is 13.7. The number of hydrogen-bond donors (Lipinski definition) is 2. The molecule has 6 rings (SSSR count). The average molecular weight is 489 g/mol. The number of halogens is 2. The quantitative estimate of drug-likeness (QED) is 0.329. The molecule has 2 aromatic carbocycles. The molecule has 5 aromatic rings. The standard InChI is InChI=1S/C25H22F2N8O/c1-14-9-15(3-6-20(14)36-16-4-5-19-17(10-16)31-13-35(19)2)32-23-22-18(29-12-30-23)11-28-24(34-22)33-21-7-8-25(21,26)27/h3-6,9-13,21H,7-8H2,1-2H3,(H,28,33,34)(H,29,30,32). The predicted octanol–water partition coefficient (Wildman–Crippen LogP) is 5.36. The summed E-state index contributed by atoms with van der Waals surface area (Å²) in [7, 11) is 1.95. The molecule has 3 aromatic heterocycles. The maximum absolute atomic E-state index is 13.7. The van der Waals surface area contributed by atoms with E-state index in [0.717, 1.165) is 22.3 Å². The topological polar surface area (TPSA) is 103 Å². The van der Waals surface area contributed by atoms with Crippen molar-refractivity contribution >= 4 is 39.5 Å². The molecule has 0 saturated heterocycles. The lowest BCUT2D eigenvalue weighted by Crippen LogP contribution is -2.49. The molecule has 182 valence electrons. The van der Waals surface area contributed by atoms with Crippen LogP contribution in [-0.4, -0.2) is 41.5 Å². The first-order valence-electron chi connectivity index (χ1n) is 11.4. The van der Waals surface area contributed by atoms with E-state index in [1.165, 1.54) is 12.5 Å². The number of rotatable bonds is 6. The van der Waals surface area contributed by atoms with Gasteiger partial charge in [-0.15, -0.1) is 0 Å². The van der Waals surface area contributed by atoms with Gasteiger partial charge in [0.25, 0.3) is 5.92 Å². The number of nitrogens with one attached hydrogen (secondary N) is 2. The fourth-order valence-corrected chi connectivity index (χ4v) is 4.14. The van der Waals surface area contributed by atoms with Gasteiger partial charge < -0.3 is 19.9 Å². The summed E-state index contributed by atoms with van der Waals surface area (Å²) < 4.78 is 35.4. The van der Waals surface area contributed by atoms with Gasteiger partial charge in [0, 0.05) is 25.2 Å². The Morgan fingerprint density at radius 3 is 2.72 bits per heavy atom. The Bertz CT molecular complexity index is 1600. The molecular weight excluding hydrogens is 466 g/mol. The van der Waals surface area contributed by atoms with Crippen LogP contribution in [0.25, 0.3) is 22.1 Å². The Kier molecular flexibility index (Phi) is 5.13. The van der Waals surface area contributed by atoms with Gasteiger partial charge >= 0.3 is 0 Å². The van der Waals surface area contributed by atoms with Crippen LogP contribution in [0.15, 0.2) is 55.2 Å². The smallest absolute Gasteiger partial charge is 0.267 e. The summed E-state index contributed by atoms with van der Waals surface area (Å²) >= 11 is 0. The van der Waals surface area contributed by atoms with Crippen molar-refractivity contribution in [2.75, 3.05) is 10.6 Å². The third kappa shape index (κ3) is 4.02. The van der Waals surface area contributed by atoms with E-state index in [0.29, 0.717) is 34.8 Å². The molecule has 1 unspecified atom stereocenters. The lowest BCUT2D eigenvalue weighted by Gasteiger charge is -2.36. The van der Waals surface area contributed by atoms with Crippen molar-refractivity contribution in [2.45, 2.75) is 31.7 Å². The highest BCUT2D eigenvalue weighted by molar-refractivity contribution is 5.87. The van der Waals surface area contributed by atoms with Gasteiger partial charge in [0.15, 0.2) is 5.82 Å². The van der Waals surface area contributed by atoms with E-state index >= 15 is 0 Å². The molecular formula is C25H22F2N8O. The molecule has 1 aliphatic rings. The second-order valence-electron chi connectivity index (χ2n) is 8.86. The fraction of sp³-hybridized carbons (Fsp3) is 0.240. The second-order valence-corrected chi connectivity index (χ2v) is 8.86. The zero-order valence-electron chi connectivity index (χ0n) is 19.5. The number of nitrogens with zero attached hydrogens (tertiary/aromatic N) is 6. The molecule has 1 saturated carbocycles. The second kappa shape index (κ2) is 8.36. The highest BCUT2D eigenvalue weighted by Crippen LogP contribution is 2.39. The molecule has 3 heterocycles. The molecule has 2 N–H and O–H groups in total. The largest absolute Gasteiger partial charge is 0.457 e. The molecule has 0 radical (unpaired) electrons. The minimum Gasteiger partial charge on any atom is -0.457 e. The Balaban J connectivity index is 1.23. The molecule has 0 spiro atoms. The fourth-order valence-electron chi connectivity index (χ4n) is 4.14. The van der Waals surface area contributed by atoms with Crippen molar-refractivity contribution in [1.82, 2.24) is 29.5 Å². The summed E-state index contributed by atoms with van der Waals surface area (Å²) in [6, 6.07) is 10.5. The number of alkyl halides is 2. The minimum atomic E-state index is -2.75. The van der Waals surface area contributed by atoms with Gasteiger partial charge in [-0.1, -0.05) is 0 Å². The first-order chi connectivity index (χ1) is 17.4. The SMILES string of the molecule is Cc1cc(Nc2ncnc3cnc(NC4CCC4(F)F)nc23)ccc1Oc1ccc2c(c1)ncn2C. The monoisotopic (exact) mass is 488 g/mol. The van der Waals surface area contributed by atoms with Gasteiger partial charge in [0.1, 0.15) is 28.9 Å². The number of hydrogen-bond acceptors (Lipinski definition) is 8. The van der Waals surface area contributed by atoms with Gasteiger partial charge in [-0.25, -0.2) is 33.7 Å². The van der Waals surface area contributed by atoms with Crippen LogP contribution >= 0.6 is 0 Å². The summed E-state index contributed by atoms with van der Waals surface area (Å²) in [5.41, 5.74) is 4.49.